The molecule has 1 fully saturated rings. The molecular weight excluding hydrogens is 474 g/mol. The third-order valence-corrected chi connectivity index (χ3v) is 6.76. The minimum absolute atomic E-state index is 0.268. The average Bonchev–Trinajstić information content (AvgIpc) is 3.37. The fourth-order valence-corrected chi connectivity index (χ4v) is 4.80. The summed E-state index contributed by atoms with van der Waals surface area (Å²) in [5, 5.41) is 8.52. The number of ether oxygens (including phenoxy) is 1. The molecule has 0 saturated carbocycles. The maximum Gasteiger partial charge on any atom is 0.348 e. The van der Waals surface area contributed by atoms with E-state index in [9.17, 15) is 4.79 Å². The molecule has 0 aromatic carbocycles. The van der Waals surface area contributed by atoms with Crippen LogP contribution in [0.25, 0.3) is 11.5 Å². The molecule has 0 bridgehead atoms. The Labute approximate surface area is 213 Å². The van der Waals surface area contributed by atoms with Crippen molar-refractivity contribution < 1.29 is 9.53 Å². The third kappa shape index (κ3) is 6.27. The number of hydrogen-bond acceptors (Lipinski definition) is 10. The van der Waals surface area contributed by atoms with Crippen molar-refractivity contribution in [1.82, 2.24) is 30.2 Å². The molecule has 184 valence electrons. The zero-order valence-corrected chi connectivity index (χ0v) is 20.8. The van der Waals surface area contributed by atoms with Gasteiger partial charge in [0.2, 0.25) is 0 Å². The average molecular weight is 502 g/mol. The van der Waals surface area contributed by atoms with Crippen LogP contribution >= 0.6 is 11.3 Å². The zero-order valence-electron chi connectivity index (χ0n) is 20.0. The lowest BCUT2D eigenvalue weighted by atomic mass is 10.0. The Bertz CT molecular complexity index is 1340. The molecule has 10 heteroatoms. The van der Waals surface area contributed by atoms with Gasteiger partial charge in [-0.3, -0.25) is 0 Å². The minimum atomic E-state index is -0.268. The van der Waals surface area contributed by atoms with Gasteiger partial charge in [0, 0.05) is 37.0 Å². The lowest BCUT2D eigenvalue weighted by Gasteiger charge is -2.22. The van der Waals surface area contributed by atoms with Crippen LogP contribution in [0.2, 0.25) is 0 Å². The summed E-state index contributed by atoms with van der Waals surface area (Å²) in [4.78, 5) is 35.5. The van der Waals surface area contributed by atoms with Crippen molar-refractivity contribution in [3.8, 4) is 11.5 Å². The van der Waals surface area contributed by atoms with Gasteiger partial charge in [-0.25, -0.2) is 29.7 Å². The van der Waals surface area contributed by atoms with Crippen molar-refractivity contribution in [1.29, 1.82) is 0 Å². The number of carbonyl (C=O) groups excluding carboxylic acids is 1. The summed E-state index contributed by atoms with van der Waals surface area (Å²) >= 11 is 1.39. The summed E-state index contributed by atoms with van der Waals surface area (Å²) < 4.78 is 5.54. The fraction of sp³-hybridized carbons (Fsp3) is 0.308. The molecule has 2 N–H and O–H groups in total. The molecule has 0 aliphatic carbocycles. The molecule has 4 aromatic rings. The quantitative estimate of drug-likeness (QED) is 0.343. The summed E-state index contributed by atoms with van der Waals surface area (Å²) in [6.45, 7) is 4.34. The lowest BCUT2D eigenvalue weighted by Crippen LogP contribution is -2.32. The van der Waals surface area contributed by atoms with Gasteiger partial charge in [0.25, 0.3) is 0 Å². The van der Waals surface area contributed by atoms with E-state index in [0.29, 0.717) is 52.8 Å². The van der Waals surface area contributed by atoms with E-state index in [2.05, 4.69) is 35.6 Å². The first-order valence-corrected chi connectivity index (χ1v) is 12.8. The van der Waals surface area contributed by atoms with Gasteiger partial charge in [0.05, 0.1) is 6.61 Å². The largest absolute Gasteiger partial charge is 0.461 e. The molecule has 1 aliphatic heterocycles. The Balaban J connectivity index is 1.21. The van der Waals surface area contributed by atoms with E-state index >= 15 is 0 Å². The fourth-order valence-electron chi connectivity index (χ4n) is 3.99. The number of pyridine rings is 1. The van der Waals surface area contributed by atoms with Crippen LogP contribution in [0.15, 0.2) is 54.2 Å². The second-order valence-electron chi connectivity index (χ2n) is 8.72. The van der Waals surface area contributed by atoms with Gasteiger partial charge < -0.3 is 15.4 Å². The van der Waals surface area contributed by atoms with Gasteiger partial charge in [-0.05, 0) is 67.6 Å². The Hall–Kier alpha value is -3.76. The van der Waals surface area contributed by atoms with Gasteiger partial charge in [-0.2, -0.15) is 0 Å². The number of piperidine rings is 1. The number of carbonyl (C=O) groups is 1. The molecule has 36 heavy (non-hydrogen) atoms. The molecule has 5 heterocycles. The molecule has 1 atom stereocenters. The Kier molecular flexibility index (Phi) is 7.53. The van der Waals surface area contributed by atoms with Crippen LogP contribution in [0.4, 0.5) is 11.6 Å². The standard InChI is InChI=1S/C26H27N7O2S/c1-17-4-2-6-20(30-17)25-29-11-8-23(33-25)31-22-7-10-28-24(32-22)13-19-12-21(36-16-19)26(34)35-15-18-5-3-9-27-14-18/h2,4,6-8,10-12,16,18,27H,3,5,9,13-15H2,1H3,(H,28,29,31,32,33)/t18-/m0/s1. The van der Waals surface area contributed by atoms with Crippen molar-refractivity contribution in [3.05, 3.63) is 76.1 Å². The van der Waals surface area contributed by atoms with Crippen molar-refractivity contribution in [2.75, 3.05) is 25.0 Å². The summed E-state index contributed by atoms with van der Waals surface area (Å²) in [7, 11) is 0. The van der Waals surface area contributed by atoms with E-state index in [1.165, 1.54) is 11.3 Å². The van der Waals surface area contributed by atoms with Gasteiger partial charge in [0.15, 0.2) is 5.82 Å². The van der Waals surface area contributed by atoms with E-state index in [0.717, 1.165) is 37.2 Å². The van der Waals surface area contributed by atoms with Crippen LogP contribution in [0.3, 0.4) is 0 Å². The SMILES string of the molecule is Cc1cccc(-c2nccc(Nc3ccnc(Cc4csc(C(=O)OC[C@H]5CCCNC5)c4)n3)n2)n1. The lowest BCUT2D eigenvalue weighted by molar-refractivity contribution is 0.0426. The van der Waals surface area contributed by atoms with Crippen LogP contribution in [0.1, 0.15) is 39.6 Å². The van der Waals surface area contributed by atoms with E-state index in [-0.39, 0.29) is 5.97 Å². The Morgan fingerprint density at radius 3 is 2.83 bits per heavy atom. The smallest absolute Gasteiger partial charge is 0.348 e. The van der Waals surface area contributed by atoms with Crippen LogP contribution in [0, 0.1) is 12.8 Å². The van der Waals surface area contributed by atoms with Crippen LogP contribution in [-0.4, -0.2) is 50.6 Å². The first-order chi connectivity index (χ1) is 17.6. The van der Waals surface area contributed by atoms with E-state index in [1.807, 2.05) is 36.6 Å². The minimum Gasteiger partial charge on any atom is -0.461 e. The number of esters is 1. The molecule has 0 unspecified atom stereocenters. The number of rotatable bonds is 8. The molecule has 1 aliphatic rings. The molecule has 0 spiro atoms. The molecule has 4 aromatic heterocycles. The highest BCUT2D eigenvalue weighted by Gasteiger charge is 2.17. The second-order valence-corrected chi connectivity index (χ2v) is 9.63. The van der Waals surface area contributed by atoms with Crippen molar-refractivity contribution in [3.63, 3.8) is 0 Å². The molecule has 1 saturated heterocycles. The van der Waals surface area contributed by atoms with Crippen molar-refractivity contribution in [2.45, 2.75) is 26.2 Å². The number of aryl methyl sites for hydroxylation is 1. The van der Waals surface area contributed by atoms with Gasteiger partial charge in [0.1, 0.15) is 28.0 Å². The number of anilines is 2. The molecule has 5 rings (SSSR count). The third-order valence-electron chi connectivity index (χ3n) is 5.80. The van der Waals surface area contributed by atoms with Crippen molar-refractivity contribution >= 4 is 28.9 Å². The molecule has 0 radical (unpaired) electrons. The normalized spacial score (nSPS) is 15.4. The van der Waals surface area contributed by atoms with Gasteiger partial charge >= 0.3 is 5.97 Å². The summed E-state index contributed by atoms with van der Waals surface area (Å²) in [5.74, 6) is 2.54. The highest BCUT2D eigenvalue weighted by molar-refractivity contribution is 7.12. The highest BCUT2D eigenvalue weighted by atomic mass is 32.1. The van der Waals surface area contributed by atoms with Crippen LogP contribution in [-0.2, 0) is 11.2 Å². The molecular formula is C26H27N7O2S. The number of hydrogen-bond donors (Lipinski definition) is 2. The highest BCUT2D eigenvalue weighted by Crippen LogP contribution is 2.21. The summed E-state index contributed by atoms with van der Waals surface area (Å²) in [6.07, 6.45) is 6.12. The van der Waals surface area contributed by atoms with E-state index in [1.54, 1.807) is 24.5 Å². The topological polar surface area (TPSA) is 115 Å². The molecule has 9 nitrogen and oxygen atoms in total. The first kappa shape index (κ1) is 24.0. The Morgan fingerprint density at radius 1 is 1.14 bits per heavy atom. The first-order valence-electron chi connectivity index (χ1n) is 11.9. The maximum atomic E-state index is 12.5. The summed E-state index contributed by atoms with van der Waals surface area (Å²) in [5.41, 5.74) is 2.59. The second kappa shape index (κ2) is 11.3. The van der Waals surface area contributed by atoms with Gasteiger partial charge in [-0.15, -0.1) is 11.3 Å². The zero-order chi connectivity index (χ0) is 24.7. The van der Waals surface area contributed by atoms with E-state index < -0.39 is 0 Å². The summed E-state index contributed by atoms with van der Waals surface area (Å²) in [6, 6.07) is 11.2. The predicted molar refractivity (Wildman–Crippen MR) is 138 cm³/mol. The van der Waals surface area contributed by atoms with Gasteiger partial charge in [-0.1, -0.05) is 6.07 Å². The monoisotopic (exact) mass is 501 g/mol. The molecule has 0 amide bonds. The van der Waals surface area contributed by atoms with E-state index in [4.69, 9.17) is 4.74 Å². The number of nitrogens with one attached hydrogen (secondary N) is 2. The number of nitrogens with zero attached hydrogens (tertiary/aromatic N) is 5. The van der Waals surface area contributed by atoms with Crippen LogP contribution in [0.5, 0.6) is 0 Å². The predicted octanol–water partition coefficient (Wildman–Crippen LogP) is 4.19. The van der Waals surface area contributed by atoms with Crippen molar-refractivity contribution in [2.24, 2.45) is 5.92 Å². The van der Waals surface area contributed by atoms with Crippen LogP contribution < -0.4 is 10.6 Å². The Morgan fingerprint density at radius 2 is 2.00 bits per heavy atom. The number of thiophene rings is 1. The maximum absolute atomic E-state index is 12.5. The number of aromatic nitrogens is 5.